The van der Waals surface area contributed by atoms with E-state index in [1.165, 1.54) is 0 Å². The first-order valence-corrected chi connectivity index (χ1v) is 10.0. The summed E-state index contributed by atoms with van der Waals surface area (Å²) in [5.41, 5.74) is 3.04. The van der Waals surface area contributed by atoms with Crippen LogP contribution in [0.5, 0.6) is 17.2 Å². The van der Waals surface area contributed by atoms with E-state index in [2.05, 4.69) is 5.32 Å². The quantitative estimate of drug-likeness (QED) is 0.409. The molecule has 0 aromatic heterocycles. The second-order valence-corrected chi connectivity index (χ2v) is 6.46. The number of esters is 1. The normalized spacial score (nSPS) is 10.4. The predicted octanol–water partition coefficient (Wildman–Crippen LogP) is 4.22. The highest BCUT2D eigenvalue weighted by Gasteiger charge is 2.15. The molecule has 2 aromatic carbocycles. The summed E-state index contributed by atoms with van der Waals surface area (Å²) < 4.78 is 27.3. The van der Waals surface area contributed by atoms with Crippen LogP contribution < -0.4 is 19.5 Å². The molecule has 0 atom stereocenters. The summed E-state index contributed by atoms with van der Waals surface area (Å²) >= 11 is 0. The molecule has 0 aliphatic carbocycles. The molecule has 0 fully saturated rings. The molecule has 164 valence electrons. The Labute approximate surface area is 178 Å². The van der Waals surface area contributed by atoms with Crippen molar-refractivity contribution in [1.82, 2.24) is 0 Å². The number of carbonyl (C=O) groups is 1. The first-order valence-electron chi connectivity index (χ1n) is 10.0. The van der Waals surface area contributed by atoms with Crippen molar-refractivity contribution in [2.75, 3.05) is 46.0 Å². The van der Waals surface area contributed by atoms with Crippen LogP contribution in [0.25, 0.3) is 0 Å². The highest BCUT2D eigenvalue weighted by atomic mass is 16.5. The smallest absolute Gasteiger partial charge is 0.338 e. The maximum Gasteiger partial charge on any atom is 0.338 e. The molecule has 2 rings (SSSR count). The van der Waals surface area contributed by atoms with Crippen molar-refractivity contribution in [2.24, 2.45) is 0 Å². The lowest BCUT2D eigenvalue weighted by molar-refractivity contribution is 0.0525. The third kappa shape index (κ3) is 6.29. The minimum Gasteiger partial charge on any atom is -0.496 e. The van der Waals surface area contributed by atoms with E-state index in [4.69, 9.17) is 23.7 Å². The molecule has 0 bridgehead atoms. The van der Waals surface area contributed by atoms with Crippen molar-refractivity contribution >= 4 is 11.7 Å². The number of ether oxygens (including phenoxy) is 5. The van der Waals surface area contributed by atoms with Crippen LogP contribution >= 0.6 is 0 Å². The van der Waals surface area contributed by atoms with Crippen LogP contribution in [0.4, 0.5) is 5.69 Å². The van der Waals surface area contributed by atoms with Crippen LogP contribution in [0.15, 0.2) is 30.3 Å². The lowest BCUT2D eigenvalue weighted by atomic mass is 10.1. The largest absolute Gasteiger partial charge is 0.496 e. The van der Waals surface area contributed by atoms with Crippen LogP contribution in [0.2, 0.25) is 0 Å². The molecule has 2 aromatic rings. The third-order valence-corrected chi connectivity index (χ3v) is 4.48. The Balaban J connectivity index is 2.17. The summed E-state index contributed by atoms with van der Waals surface area (Å²) in [7, 11) is 3.21. The Morgan fingerprint density at radius 1 is 0.967 bits per heavy atom. The fourth-order valence-electron chi connectivity index (χ4n) is 2.93. The molecule has 7 heteroatoms. The molecule has 0 saturated carbocycles. The molecular formula is C23H31NO6. The van der Waals surface area contributed by atoms with Crippen LogP contribution in [-0.2, 0) is 16.0 Å². The van der Waals surface area contributed by atoms with E-state index in [9.17, 15) is 4.79 Å². The van der Waals surface area contributed by atoms with E-state index in [-0.39, 0.29) is 5.97 Å². The van der Waals surface area contributed by atoms with Gasteiger partial charge >= 0.3 is 5.97 Å². The number of rotatable bonds is 12. The SMILES string of the molecule is CCOCCOc1cc(OC)c(CNc2ccc(C)c(C(=O)OCC)c2)c(OC)c1. The molecule has 0 amide bonds. The standard InChI is InChI=1S/C23H31NO6/c1-6-28-10-11-30-18-13-21(26-4)20(22(14-18)27-5)15-24-17-9-8-16(3)19(12-17)23(25)29-7-2/h8-9,12-14,24H,6-7,10-11,15H2,1-5H3. The van der Waals surface area contributed by atoms with E-state index in [1.807, 2.05) is 38.1 Å². The summed E-state index contributed by atoms with van der Waals surface area (Å²) in [5, 5.41) is 3.33. The van der Waals surface area contributed by atoms with E-state index < -0.39 is 0 Å². The van der Waals surface area contributed by atoms with Gasteiger partial charge in [0.05, 0.1) is 38.6 Å². The minimum absolute atomic E-state index is 0.331. The topological polar surface area (TPSA) is 75.2 Å². The van der Waals surface area contributed by atoms with E-state index >= 15 is 0 Å². The number of benzene rings is 2. The number of methoxy groups -OCH3 is 2. The Bertz CT molecular complexity index is 811. The van der Waals surface area contributed by atoms with Crippen molar-refractivity contribution < 1.29 is 28.5 Å². The van der Waals surface area contributed by atoms with Crippen LogP contribution in [-0.4, -0.2) is 46.6 Å². The van der Waals surface area contributed by atoms with Gasteiger partial charge in [-0.25, -0.2) is 4.79 Å². The van der Waals surface area contributed by atoms with Gasteiger partial charge in [0.1, 0.15) is 23.9 Å². The highest BCUT2D eigenvalue weighted by molar-refractivity contribution is 5.92. The van der Waals surface area contributed by atoms with Crippen molar-refractivity contribution in [2.45, 2.75) is 27.3 Å². The molecule has 0 saturated heterocycles. The first-order chi connectivity index (χ1) is 14.5. The molecule has 7 nitrogen and oxygen atoms in total. The average molecular weight is 418 g/mol. The number of hydrogen-bond donors (Lipinski definition) is 1. The first kappa shape index (κ1) is 23.3. The van der Waals surface area contributed by atoms with Crippen molar-refractivity contribution in [3.63, 3.8) is 0 Å². The Kier molecular flexibility index (Phi) is 9.28. The Hall–Kier alpha value is -2.93. The number of nitrogens with one attached hydrogen (secondary N) is 1. The van der Waals surface area contributed by atoms with Crippen LogP contribution in [0.3, 0.4) is 0 Å². The van der Waals surface area contributed by atoms with Gasteiger partial charge in [-0.3, -0.25) is 0 Å². The summed E-state index contributed by atoms with van der Waals surface area (Å²) in [5.74, 6) is 1.60. The van der Waals surface area contributed by atoms with Crippen LogP contribution in [0.1, 0.15) is 35.3 Å². The van der Waals surface area contributed by atoms with E-state index in [0.29, 0.717) is 55.8 Å². The van der Waals surface area contributed by atoms with Crippen LogP contribution in [0, 0.1) is 6.92 Å². The van der Waals surface area contributed by atoms with Gasteiger partial charge in [0.2, 0.25) is 0 Å². The lowest BCUT2D eigenvalue weighted by Crippen LogP contribution is -2.09. The fourth-order valence-corrected chi connectivity index (χ4v) is 2.93. The van der Waals surface area contributed by atoms with Gasteiger partial charge in [0.15, 0.2) is 0 Å². The number of carbonyl (C=O) groups excluding carboxylic acids is 1. The van der Waals surface area contributed by atoms with Gasteiger partial charge in [0, 0.05) is 31.0 Å². The van der Waals surface area contributed by atoms with Gasteiger partial charge in [0.25, 0.3) is 0 Å². The zero-order chi connectivity index (χ0) is 21.9. The average Bonchev–Trinajstić information content (AvgIpc) is 2.76. The second kappa shape index (κ2) is 11.9. The maximum atomic E-state index is 12.1. The van der Waals surface area contributed by atoms with Gasteiger partial charge in [-0.2, -0.15) is 0 Å². The van der Waals surface area contributed by atoms with Crippen molar-refractivity contribution in [1.29, 1.82) is 0 Å². The molecule has 0 aliphatic heterocycles. The van der Waals surface area contributed by atoms with Gasteiger partial charge in [-0.1, -0.05) is 6.07 Å². The van der Waals surface area contributed by atoms with Gasteiger partial charge in [-0.05, 0) is 38.5 Å². The molecule has 0 aliphatic rings. The zero-order valence-electron chi connectivity index (χ0n) is 18.4. The zero-order valence-corrected chi connectivity index (χ0v) is 18.4. The molecule has 0 unspecified atom stereocenters. The van der Waals surface area contributed by atoms with Crippen molar-refractivity contribution in [3.8, 4) is 17.2 Å². The number of anilines is 1. The minimum atomic E-state index is -0.331. The molecule has 1 N–H and O–H groups in total. The molecular weight excluding hydrogens is 386 g/mol. The van der Waals surface area contributed by atoms with Gasteiger partial charge in [-0.15, -0.1) is 0 Å². The van der Waals surface area contributed by atoms with E-state index in [1.54, 1.807) is 27.2 Å². The molecule has 0 heterocycles. The fraction of sp³-hybridized carbons (Fsp3) is 0.435. The number of hydrogen-bond acceptors (Lipinski definition) is 7. The number of aryl methyl sites for hydroxylation is 1. The monoisotopic (exact) mass is 417 g/mol. The van der Waals surface area contributed by atoms with E-state index in [0.717, 1.165) is 16.8 Å². The molecule has 30 heavy (non-hydrogen) atoms. The highest BCUT2D eigenvalue weighted by Crippen LogP contribution is 2.34. The molecule has 0 radical (unpaired) electrons. The summed E-state index contributed by atoms with van der Waals surface area (Å²) in [6.07, 6.45) is 0. The summed E-state index contributed by atoms with van der Waals surface area (Å²) in [6.45, 7) is 8.00. The third-order valence-electron chi connectivity index (χ3n) is 4.48. The second-order valence-electron chi connectivity index (χ2n) is 6.46. The summed E-state index contributed by atoms with van der Waals surface area (Å²) in [6, 6.07) is 9.24. The van der Waals surface area contributed by atoms with Gasteiger partial charge < -0.3 is 29.0 Å². The van der Waals surface area contributed by atoms with Crippen molar-refractivity contribution in [3.05, 3.63) is 47.0 Å². The predicted molar refractivity (Wildman–Crippen MR) is 116 cm³/mol. The lowest BCUT2D eigenvalue weighted by Gasteiger charge is -2.17. The summed E-state index contributed by atoms with van der Waals surface area (Å²) in [4.78, 5) is 12.1. The maximum absolute atomic E-state index is 12.1. The Morgan fingerprint density at radius 2 is 1.67 bits per heavy atom. The Morgan fingerprint density at radius 3 is 2.27 bits per heavy atom. The molecule has 0 spiro atoms.